The number of rotatable bonds is 9. The van der Waals surface area contributed by atoms with Gasteiger partial charge in [0.05, 0.1) is 25.4 Å². The van der Waals surface area contributed by atoms with E-state index in [1.807, 2.05) is 22.9 Å². The van der Waals surface area contributed by atoms with E-state index in [1.165, 1.54) is 30.2 Å². The van der Waals surface area contributed by atoms with Gasteiger partial charge in [0.25, 0.3) is 5.56 Å². The summed E-state index contributed by atoms with van der Waals surface area (Å²) in [6.07, 6.45) is 1.66. The fourth-order valence-electron chi connectivity index (χ4n) is 3.24. The number of carbonyl (C=O) groups is 1. The fraction of sp³-hybridized carbons (Fsp3) is 0.174. The highest BCUT2D eigenvalue weighted by atomic mass is 32.2. The van der Waals surface area contributed by atoms with Crippen molar-refractivity contribution < 1.29 is 14.3 Å². The molecule has 164 valence electrons. The molecule has 0 N–H and O–H groups in total. The molecule has 0 radical (unpaired) electrons. The lowest BCUT2D eigenvalue weighted by atomic mass is 10.1. The molecule has 6 nitrogen and oxygen atoms in total. The Balaban J connectivity index is 1.66. The van der Waals surface area contributed by atoms with Gasteiger partial charge in [-0.25, -0.2) is 4.98 Å². The Kier molecular flexibility index (Phi) is 6.78. The van der Waals surface area contributed by atoms with Crippen molar-refractivity contribution in [2.24, 2.45) is 0 Å². The van der Waals surface area contributed by atoms with Gasteiger partial charge in [-0.3, -0.25) is 14.2 Å². The highest BCUT2D eigenvalue weighted by molar-refractivity contribution is 7.99. The van der Waals surface area contributed by atoms with E-state index in [0.717, 1.165) is 10.4 Å². The van der Waals surface area contributed by atoms with Gasteiger partial charge in [-0.2, -0.15) is 0 Å². The van der Waals surface area contributed by atoms with Crippen LogP contribution in [0.2, 0.25) is 0 Å². The molecule has 0 aliphatic carbocycles. The largest absolute Gasteiger partial charge is 0.493 e. The molecule has 0 atom stereocenters. The van der Waals surface area contributed by atoms with Crippen LogP contribution in [0.5, 0.6) is 11.5 Å². The number of carbonyl (C=O) groups excluding carboxylic acids is 1. The number of fused-ring (bicyclic) bond motifs is 1. The van der Waals surface area contributed by atoms with Gasteiger partial charge in [-0.15, -0.1) is 29.3 Å². The van der Waals surface area contributed by atoms with Crippen LogP contribution >= 0.6 is 34.4 Å². The zero-order chi connectivity index (χ0) is 22.7. The van der Waals surface area contributed by atoms with Crippen molar-refractivity contribution in [1.82, 2.24) is 9.55 Å². The SMILES string of the molecule is C=CCn1c(SCC(=O)c2ccc(OC)c(OC)c2)nc2scc(-c3cccs3)c2c1=O. The maximum atomic E-state index is 13.3. The van der Waals surface area contributed by atoms with Gasteiger partial charge in [0, 0.05) is 27.9 Å². The first-order valence-corrected chi connectivity index (χ1v) is 12.4. The van der Waals surface area contributed by atoms with Crippen LogP contribution in [0.15, 0.2) is 63.7 Å². The molecule has 1 aromatic carbocycles. The van der Waals surface area contributed by atoms with E-state index in [1.54, 1.807) is 47.3 Å². The van der Waals surface area contributed by atoms with Crippen molar-refractivity contribution in [2.75, 3.05) is 20.0 Å². The zero-order valence-corrected chi connectivity index (χ0v) is 19.9. The highest BCUT2D eigenvalue weighted by Crippen LogP contribution is 2.35. The number of nitrogens with zero attached hydrogens (tertiary/aromatic N) is 2. The van der Waals surface area contributed by atoms with Crippen LogP contribution in [0.3, 0.4) is 0 Å². The Morgan fingerprint density at radius 2 is 2.03 bits per heavy atom. The second-order valence-electron chi connectivity index (χ2n) is 6.69. The summed E-state index contributed by atoms with van der Waals surface area (Å²) in [5.41, 5.74) is 1.28. The summed E-state index contributed by atoms with van der Waals surface area (Å²) in [4.78, 5) is 32.6. The molecule has 0 saturated carbocycles. The number of hydrogen-bond acceptors (Lipinski definition) is 8. The number of allylic oxidation sites excluding steroid dienone is 1. The van der Waals surface area contributed by atoms with E-state index >= 15 is 0 Å². The van der Waals surface area contributed by atoms with Gasteiger partial charge in [-0.1, -0.05) is 23.9 Å². The smallest absolute Gasteiger partial charge is 0.263 e. The highest BCUT2D eigenvalue weighted by Gasteiger charge is 2.19. The minimum atomic E-state index is -0.124. The monoisotopic (exact) mass is 484 g/mol. The quantitative estimate of drug-likeness (QED) is 0.138. The third kappa shape index (κ3) is 4.23. The standard InChI is InChI=1S/C23H20N2O4S3/c1-4-9-25-22(27)20-15(19-6-5-10-30-19)12-31-21(20)24-23(25)32-13-16(26)14-7-8-17(28-2)18(11-14)29-3/h4-8,10-12H,1,9,13H2,2-3H3. The maximum absolute atomic E-state index is 13.3. The summed E-state index contributed by atoms with van der Waals surface area (Å²) in [7, 11) is 3.07. The average molecular weight is 485 g/mol. The lowest BCUT2D eigenvalue weighted by Gasteiger charge is -2.11. The molecule has 0 unspecified atom stereocenters. The number of thiophene rings is 2. The number of ether oxygens (including phenoxy) is 2. The molecule has 0 fully saturated rings. The Hall–Kier alpha value is -2.88. The van der Waals surface area contributed by atoms with Crippen LogP contribution in [0, 0.1) is 0 Å². The van der Waals surface area contributed by atoms with Crippen LogP contribution in [-0.2, 0) is 6.54 Å². The molecule has 3 aromatic heterocycles. The van der Waals surface area contributed by atoms with Gasteiger partial charge < -0.3 is 9.47 Å². The number of ketones is 1. The van der Waals surface area contributed by atoms with E-state index in [-0.39, 0.29) is 17.1 Å². The Labute approximate surface area is 197 Å². The van der Waals surface area contributed by atoms with Crippen LogP contribution in [-0.4, -0.2) is 35.3 Å². The number of aromatic nitrogens is 2. The molecule has 0 bridgehead atoms. The number of Topliss-reactive ketones (excluding diaryl/α,β-unsaturated/α-hetero) is 1. The van der Waals surface area contributed by atoms with E-state index in [0.29, 0.717) is 39.0 Å². The summed E-state index contributed by atoms with van der Waals surface area (Å²) in [6.45, 7) is 4.09. The second kappa shape index (κ2) is 9.72. The maximum Gasteiger partial charge on any atom is 0.263 e. The van der Waals surface area contributed by atoms with Gasteiger partial charge in [0.1, 0.15) is 4.83 Å². The third-order valence-corrected chi connectivity index (χ3v) is 7.55. The van der Waals surface area contributed by atoms with Crippen molar-refractivity contribution in [3.63, 3.8) is 0 Å². The van der Waals surface area contributed by atoms with Crippen molar-refractivity contribution in [3.05, 3.63) is 69.7 Å². The van der Waals surface area contributed by atoms with Crippen molar-refractivity contribution in [2.45, 2.75) is 11.7 Å². The molecular formula is C23H20N2O4S3. The summed E-state index contributed by atoms with van der Waals surface area (Å²) >= 11 is 4.26. The third-order valence-electron chi connectivity index (χ3n) is 4.79. The van der Waals surface area contributed by atoms with Crippen LogP contribution < -0.4 is 15.0 Å². The molecule has 0 aliphatic heterocycles. The second-order valence-corrected chi connectivity index (χ2v) is 9.44. The summed E-state index contributed by atoms with van der Waals surface area (Å²) in [5.74, 6) is 1.09. The Morgan fingerprint density at radius 1 is 1.22 bits per heavy atom. The minimum Gasteiger partial charge on any atom is -0.493 e. The molecule has 3 heterocycles. The number of hydrogen-bond donors (Lipinski definition) is 0. The molecule has 32 heavy (non-hydrogen) atoms. The van der Waals surface area contributed by atoms with Gasteiger partial charge >= 0.3 is 0 Å². The molecule has 0 aliphatic rings. The average Bonchev–Trinajstić information content (AvgIpc) is 3.49. The van der Waals surface area contributed by atoms with Gasteiger partial charge in [-0.05, 0) is 29.6 Å². The normalized spacial score (nSPS) is 10.9. The van der Waals surface area contributed by atoms with E-state index < -0.39 is 0 Å². The number of benzene rings is 1. The lowest BCUT2D eigenvalue weighted by Crippen LogP contribution is -2.23. The minimum absolute atomic E-state index is 0.0964. The first-order valence-electron chi connectivity index (χ1n) is 9.62. The number of thioether (sulfide) groups is 1. The molecule has 0 saturated heterocycles. The van der Waals surface area contributed by atoms with Gasteiger partial charge in [0.15, 0.2) is 22.4 Å². The van der Waals surface area contributed by atoms with Crippen molar-refractivity contribution >= 4 is 50.4 Å². The summed E-state index contributed by atoms with van der Waals surface area (Å²) < 4.78 is 12.1. The first kappa shape index (κ1) is 22.3. The lowest BCUT2D eigenvalue weighted by molar-refractivity contribution is 0.102. The van der Waals surface area contributed by atoms with Crippen LogP contribution in [0.4, 0.5) is 0 Å². The predicted octanol–water partition coefficient (Wildman–Crippen LogP) is 5.36. The molecule has 4 aromatic rings. The first-order chi connectivity index (χ1) is 15.6. The van der Waals surface area contributed by atoms with Crippen molar-refractivity contribution in [3.8, 4) is 21.9 Å². The Morgan fingerprint density at radius 3 is 2.72 bits per heavy atom. The van der Waals surface area contributed by atoms with E-state index in [2.05, 4.69) is 6.58 Å². The molecule has 9 heteroatoms. The summed E-state index contributed by atoms with van der Waals surface area (Å²) in [6, 6.07) is 9.01. The van der Waals surface area contributed by atoms with E-state index in [4.69, 9.17) is 14.5 Å². The number of methoxy groups -OCH3 is 2. The van der Waals surface area contributed by atoms with Crippen molar-refractivity contribution in [1.29, 1.82) is 0 Å². The topological polar surface area (TPSA) is 70.4 Å². The molecule has 0 amide bonds. The van der Waals surface area contributed by atoms with Gasteiger partial charge in [0.2, 0.25) is 0 Å². The predicted molar refractivity (Wildman–Crippen MR) is 132 cm³/mol. The zero-order valence-electron chi connectivity index (χ0n) is 17.5. The van der Waals surface area contributed by atoms with E-state index in [9.17, 15) is 9.59 Å². The molecule has 4 rings (SSSR count). The molecular weight excluding hydrogens is 464 g/mol. The van der Waals surface area contributed by atoms with Crippen LogP contribution in [0.25, 0.3) is 20.7 Å². The summed E-state index contributed by atoms with van der Waals surface area (Å²) in [5, 5.41) is 5.05. The Bertz CT molecular complexity index is 1340. The van der Waals surface area contributed by atoms with Crippen LogP contribution in [0.1, 0.15) is 10.4 Å². The molecule has 0 spiro atoms. The fourth-order valence-corrected chi connectivity index (χ4v) is 5.95.